The largest absolute Gasteiger partial charge is 0.417 e. The third kappa shape index (κ3) is 4.40. The Bertz CT molecular complexity index is 1110. The van der Waals surface area contributed by atoms with Gasteiger partial charge in [-0.3, -0.25) is 9.89 Å². The molecule has 3 heterocycles. The standard InChI is InChI=1S/C22H24F3N5O2/c1-2-32-12-13-5-7-14(8-6-13)21(31)30-9-3-4-15(11-30)17-10-16(22(23,24)25)18-19(26)28-29-20(18)27-17/h5-8,10,15H,2-4,9,11-12H2,1H3,(H3,26,27,28,29)/t15-/m0/s1. The quantitative estimate of drug-likeness (QED) is 0.613. The minimum Gasteiger partial charge on any atom is -0.383 e. The number of hydrogen-bond acceptors (Lipinski definition) is 5. The van der Waals surface area contributed by atoms with Gasteiger partial charge >= 0.3 is 6.18 Å². The van der Waals surface area contributed by atoms with Crippen molar-refractivity contribution in [2.24, 2.45) is 0 Å². The van der Waals surface area contributed by atoms with Crippen molar-refractivity contribution in [3.63, 3.8) is 0 Å². The summed E-state index contributed by atoms with van der Waals surface area (Å²) in [5.41, 5.74) is 6.48. The summed E-state index contributed by atoms with van der Waals surface area (Å²) in [6.07, 6.45) is -3.29. The van der Waals surface area contributed by atoms with Crippen LogP contribution in [0.25, 0.3) is 11.0 Å². The molecule has 1 fully saturated rings. The number of anilines is 1. The van der Waals surface area contributed by atoms with Gasteiger partial charge in [0.2, 0.25) is 0 Å². The molecule has 0 radical (unpaired) electrons. The fraction of sp³-hybridized carbons (Fsp3) is 0.409. The number of halogens is 3. The van der Waals surface area contributed by atoms with Gasteiger partial charge in [-0.2, -0.15) is 18.3 Å². The van der Waals surface area contributed by atoms with Crippen molar-refractivity contribution < 1.29 is 22.7 Å². The number of amides is 1. The van der Waals surface area contributed by atoms with E-state index in [9.17, 15) is 18.0 Å². The van der Waals surface area contributed by atoms with Gasteiger partial charge in [-0.05, 0) is 43.5 Å². The second-order valence-corrected chi connectivity index (χ2v) is 7.85. The maximum Gasteiger partial charge on any atom is 0.417 e. The lowest BCUT2D eigenvalue weighted by Gasteiger charge is -2.33. The summed E-state index contributed by atoms with van der Waals surface area (Å²) in [6.45, 7) is 3.83. The molecular formula is C22H24F3N5O2. The molecule has 170 valence electrons. The highest BCUT2D eigenvalue weighted by atomic mass is 19.4. The fourth-order valence-electron chi connectivity index (χ4n) is 4.05. The number of likely N-dealkylation sites (tertiary alicyclic amines) is 1. The average molecular weight is 447 g/mol. The lowest BCUT2D eigenvalue weighted by atomic mass is 9.92. The van der Waals surface area contributed by atoms with Crippen molar-refractivity contribution in [2.45, 2.75) is 38.5 Å². The van der Waals surface area contributed by atoms with Gasteiger partial charge in [0, 0.05) is 36.9 Å². The van der Waals surface area contributed by atoms with Gasteiger partial charge in [0.05, 0.1) is 17.6 Å². The first-order valence-electron chi connectivity index (χ1n) is 10.5. The Balaban J connectivity index is 1.56. The number of aromatic amines is 1. The Kier molecular flexibility index (Phi) is 6.05. The maximum absolute atomic E-state index is 13.7. The highest BCUT2D eigenvalue weighted by molar-refractivity contribution is 5.94. The number of nitrogens with one attached hydrogen (secondary N) is 1. The van der Waals surface area contributed by atoms with Crippen LogP contribution in [0, 0.1) is 0 Å². The van der Waals surface area contributed by atoms with Crippen molar-refractivity contribution in [3.8, 4) is 0 Å². The topological polar surface area (TPSA) is 97.1 Å². The number of hydrogen-bond donors (Lipinski definition) is 2. The molecule has 1 aliphatic rings. The van der Waals surface area contributed by atoms with E-state index in [1.165, 1.54) is 0 Å². The summed E-state index contributed by atoms with van der Waals surface area (Å²) >= 11 is 0. The molecule has 0 spiro atoms. The second-order valence-electron chi connectivity index (χ2n) is 7.85. The molecule has 4 rings (SSSR count). The zero-order valence-electron chi connectivity index (χ0n) is 17.6. The minimum absolute atomic E-state index is 0.0688. The number of H-pyrrole nitrogens is 1. The number of benzene rings is 1. The molecule has 1 aromatic carbocycles. The summed E-state index contributed by atoms with van der Waals surface area (Å²) in [4.78, 5) is 19.0. The summed E-state index contributed by atoms with van der Waals surface area (Å²) < 4.78 is 46.3. The molecule has 10 heteroatoms. The summed E-state index contributed by atoms with van der Waals surface area (Å²) in [5.74, 6) is -0.647. The Labute approximate surface area is 182 Å². The van der Waals surface area contributed by atoms with E-state index >= 15 is 0 Å². The number of piperidine rings is 1. The van der Waals surface area contributed by atoms with E-state index in [1.807, 2.05) is 19.1 Å². The third-order valence-electron chi connectivity index (χ3n) is 5.68. The summed E-state index contributed by atoms with van der Waals surface area (Å²) in [5, 5.41) is 5.98. The fourth-order valence-corrected chi connectivity index (χ4v) is 4.05. The lowest BCUT2D eigenvalue weighted by Crippen LogP contribution is -2.39. The van der Waals surface area contributed by atoms with Gasteiger partial charge in [-0.25, -0.2) is 4.98 Å². The van der Waals surface area contributed by atoms with Crippen LogP contribution in [0.5, 0.6) is 0 Å². The van der Waals surface area contributed by atoms with Gasteiger partial charge in [0.1, 0.15) is 5.82 Å². The van der Waals surface area contributed by atoms with E-state index in [4.69, 9.17) is 10.5 Å². The number of alkyl halides is 3. The molecule has 0 aliphatic carbocycles. The maximum atomic E-state index is 13.7. The average Bonchev–Trinajstić information content (AvgIpc) is 3.17. The molecule has 1 aliphatic heterocycles. The van der Waals surface area contributed by atoms with E-state index in [-0.39, 0.29) is 40.9 Å². The molecule has 2 aromatic heterocycles. The SMILES string of the molecule is CCOCc1ccc(C(=O)N2CCC[C@H](c3cc(C(F)(F)F)c4c(N)[nH]nc4n3)C2)cc1. The molecule has 3 N–H and O–H groups in total. The molecule has 0 bridgehead atoms. The first-order chi connectivity index (χ1) is 15.3. The van der Waals surface area contributed by atoms with Crippen molar-refractivity contribution in [2.75, 3.05) is 25.4 Å². The molecule has 7 nitrogen and oxygen atoms in total. The number of nitrogens with zero attached hydrogens (tertiary/aromatic N) is 3. The van der Waals surface area contributed by atoms with Crippen LogP contribution in [-0.4, -0.2) is 45.7 Å². The number of aromatic nitrogens is 3. The smallest absolute Gasteiger partial charge is 0.383 e. The Morgan fingerprint density at radius 1 is 1.31 bits per heavy atom. The monoisotopic (exact) mass is 447 g/mol. The van der Waals surface area contributed by atoms with Crippen LogP contribution in [0.3, 0.4) is 0 Å². The Morgan fingerprint density at radius 3 is 2.75 bits per heavy atom. The van der Waals surface area contributed by atoms with E-state index < -0.39 is 11.7 Å². The van der Waals surface area contributed by atoms with Crippen LogP contribution >= 0.6 is 0 Å². The molecular weight excluding hydrogens is 423 g/mol. The minimum atomic E-state index is -4.60. The highest BCUT2D eigenvalue weighted by Gasteiger charge is 2.36. The first kappa shape index (κ1) is 22.1. The predicted octanol–water partition coefficient (Wildman–Crippen LogP) is 4.12. The number of pyridine rings is 1. The predicted molar refractivity (Wildman–Crippen MR) is 113 cm³/mol. The summed E-state index contributed by atoms with van der Waals surface area (Å²) in [6, 6.07) is 8.22. The van der Waals surface area contributed by atoms with Crippen LogP contribution in [0.1, 0.15) is 52.9 Å². The van der Waals surface area contributed by atoms with Crippen molar-refractivity contribution >= 4 is 22.8 Å². The number of nitrogens with two attached hydrogens (primary N) is 1. The number of fused-ring (bicyclic) bond motifs is 1. The molecule has 0 unspecified atom stereocenters. The first-order valence-corrected chi connectivity index (χ1v) is 10.5. The van der Waals surface area contributed by atoms with Gasteiger partial charge in [-0.1, -0.05) is 12.1 Å². The van der Waals surface area contributed by atoms with Crippen LogP contribution in [0.4, 0.5) is 19.0 Å². The van der Waals surface area contributed by atoms with E-state index in [1.54, 1.807) is 17.0 Å². The normalized spacial score (nSPS) is 17.1. The third-order valence-corrected chi connectivity index (χ3v) is 5.68. The zero-order valence-corrected chi connectivity index (χ0v) is 17.6. The molecule has 1 atom stereocenters. The van der Waals surface area contributed by atoms with Gasteiger partial charge in [0.15, 0.2) is 5.65 Å². The van der Waals surface area contributed by atoms with Crippen molar-refractivity contribution in [1.29, 1.82) is 0 Å². The van der Waals surface area contributed by atoms with Crippen molar-refractivity contribution in [3.05, 3.63) is 52.7 Å². The van der Waals surface area contributed by atoms with Crippen LogP contribution in [0.15, 0.2) is 30.3 Å². The van der Waals surface area contributed by atoms with Gasteiger partial charge in [0.25, 0.3) is 5.91 Å². The molecule has 32 heavy (non-hydrogen) atoms. The zero-order chi connectivity index (χ0) is 22.9. The second kappa shape index (κ2) is 8.78. The lowest BCUT2D eigenvalue weighted by molar-refractivity contribution is -0.136. The van der Waals surface area contributed by atoms with E-state index in [0.717, 1.165) is 11.6 Å². The number of nitrogen functional groups attached to an aromatic ring is 1. The molecule has 1 amide bonds. The Hall–Kier alpha value is -3.14. The van der Waals surface area contributed by atoms with Crippen LogP contribution < -0.4 is 5.73 Å². The number of carbonyl (C=O) groups excluding carboxylic acids is 1. The number of carbonyl (C=O) groups is 1. The number of rotatable bonds is 5. The van der Waals surface area contributed by atoms with Crippen LogP contribution in [-0.2, 0) is 17.5 Å². The van der Waals surface area contributed by atoms with Gasteiger partial charge in [-0.15, -0.1) is 0 Å². The molecule has 3 aromatic rings. The van der Waals surface area contributed by atoms with Crippen LogP contribution in [0.2, 0.25) is 0 Å². The van der Waals surface area contributed by atoms with Gasteiger partial charge < -0.3 is 15.4 Å². The molecule has 0 saturated carbocycles. The highest BCUT2D eigenvalue weighted by Crippen LogP contribution is 2.38. The molecule has 1 saturated heterocycles. The van der Waals surface area contributed by atoms with Crippen molar-refractivity contribution in [1.82, 2.24) is 20.1 Å². The summed E-state index contributed by atoms with van der Waals surface area (Å²) in [7, 11) is 0. The van der Waals surface area contributed by atoms with E-state index in [0.29, 0.717) is 38.2 Å². The number of ether oxygens (including phenoxy) is 1. The van der Waals surface area contributed by atoms with E-state index in [2.05, 4.69) is 15.2 Å². The Morgan fingerprint density at radius 2 is 2.06 bits per heavy atom.